The second kappa shape index (κ2) is 10.1. The number of amides is 1. The van der Waals surface area contributed by atoms with E-state index in [1.807, 2.05) is 48.5 Å². The van der Waals surface area contributed by atoms with Crippen LogP contribution in [0.2, 0.25) is 0 Å². The topological polar surface area (TPSA) is 142 Å². The van der Waals surface area contributed by atoms with Gasteiger partial charge in [-0.05, 0) is 28.7 Å². The summed E-state index contributed by atoms with van der Waals surface area (Å²) in [4.78, 5) is 22.2. The largest absolute Gasteiger partial charge is 0.502 e. The van der Waals surface area contributed by atoms with Crippen molar-refractivity contribution in [2.45, 2.75) is 24.5 Å². The summed E-state index contributed by atoms with van der Waals surface area (Å²) in [7, 11) is 0. The van der Waals surface area contributed by atoms with Gasteiger partial charge in [0.15, 0.2) is 5.75 Å². The second-order valence-electron chi connectivity index (χ2n) is 8.17. The maximum atomic E-state index is 14.1. The third-order valence-electron chi connectivity index (χ3n) is 6.03. The molecule has 3 aromatic rings. The molecule has 182 valence electrons. The van der Waals surface area contributed by atoms with E-state index in [1.54, 1.807) is 0 Å². The van der Waals surface area contributed by atoms with Gasteiger partial charge >= 0.3 is 11.8 Å². The lowest BCUT2D eigenvalue weighted by Crippen LogP contribution is -2.31. The average Bonchev–Trinajstić information content (AvgIpc) is 3.16. The van der Waals surface area contributed by atoms with Crippen molar-refractivity contribution in [2.75, 3.05) is 13.2 Å². The number of phenols is 1. The normalized spacial score (nSPS) is 14.0. The molecule has 2 unspecified atom stereocenters. The summed E-state index contributed by atoms with van der Waals surface area (Å²) in [6, 6.07) is 16.9. The molecule has 2 atom stereocenters. The molecule has 0 bridgehead atoms. The van der Waals surface area contributed by atoms with Crippen molar-refractivity contribution in [1.82, 2.24) is 5.32 Å². The molecule has 0 saturated heterocycles. The Morgan fingerprint density at radius 2 is 1.69 bits per heavy atom. The molecule has 35 heavy (non-hydrogen) atoms. The van der Waals surface area contributed by atoms with E-state index in [-0.39, 0.29) is 25.5 Å². The minimum atomic E-state index is -1.81. The van der Waals surface area contributed by atoms with E-state index in [1.165, 1.54) is 0 Å². The van der Waals surface area contributed by atoms with Crippen molar-refractivity contribution < 1.29 is 34.2 Å². The van der Waals surface area contributed by atoms with Crippen LogP contribution in [0.15, 0.2) is 60.7 Å². The number of fused-ring (bicyclic) bond motifs is 3. The van der Waals surface area contributed by atoms with Gasteiger partial charge in [-0.2, -0.15) is 0 Å². The monoisotopic (exact) mass is 482 g/mol. The summed E-state index contributed by atoms with van der Waals surface area (Å²) in [5, 5.41) is 43.3. The quantitative estimate of drug-likeness (QED) is 0.283. The molecule has 4 rings (SSSR count). The number of nitro benzene ring substituents is 1. The van der Waals surface area contributed by atoms with Crippen LogP contribution < -0.4 is 5.32 Å². The van der Waals surface area contributed by atoms with Gasteiger partial charge in [0.25, 0.3) is 0 Å². The number of carbonyl (C=O) groups is 1. The number of benzene rings is 3. The number of rotatable bonds is 8. The van der Waals surface area contributed by atoms with Gasteiger partial charge in [-0.25, -0.2) is 9.18 Å². The molecule has 4 N–H and O–H groups in total. The van der Waals surface area contributed by atoms with Crippen LogP contribution in [0.5, 0.6) is 5.75 Å². The molecule has 1 aliphatic carbocycles. The third-order valence-corrected chi connectivity index (χ3v) is 6.03. The predicted molar refractivity (Wildman–Crippen MR) is 123 cm³/mol. The van der Waals surface area contributed by atoms with Crippen molar-refractivity contribution in [1.29, 1.82) is 0 Å². The van der Waals surface area contributed by atoms with E-state index in [0.29, 0.717) is 12.1 Å². The van der Waals surface area contributed by atoms with E-state index in [0.717, 1.165) is 22.3 Å². The van der Waals surface area contributed by atoms with E-state index >= 15 is 0 Å². The highest BCUT2D eigenvalue weighted by atomic mass is 19.1. The predicted octanol–water partition coefficient (Wildman–Crippen LogP) is 3.76. The van der Waals surface area contributed by atoms with Crippen LogP contribution in [0, 0.1) is 15.9 Å². The van der Waals surface area contributed by atoms with E-state index in [4.69, 9.17) is 4.74 Å². The van der Waals surface area contributed by atoms with Crippen LogP contribution in [0.25, 0.3) is 11.1 Å². The summed E-state index contributed by atoms with van der Waals surface area (Å²) < 4.78 is 19.5. The number of nitro groups is 1. The number of alkyl carbamates (subject to hydrolysis) is 1. The van der Waals surface area contributed by atoms with Gasteiger partial charge in [0.1, 0.15) is 18.5 Å². The number of carbonyl (C=O) groups excluding carboxylic acids is 1. The summed E-state index contributed by atoms with van der Waals surface area (Å²) in [5.74, 6) is -2.12. The Hall–Kier alpha value is -4.02. The van der Waals surface area contributed by atoms with Crippen LogP contribution in [-0.2, 0) is 4.74 Å². The van der Waals surface area contributed by atoms with Crippen LogP contribution >= 0.6 is 0 Å². The summed E-state index contributed by atoms with van der Waals surface area (Å²) in [5.41, 5.74) is 2.97. The molecule has 3 aromatic carbocycles. The number of halogens is 1. The highest BCUT2D eigenvalue weighted by molar-refractivity contribution is 5.79. The number of aliphatic hydroxyl groups is 2. The van der Waals surface area contributed by atoms with Crippen LogP contribution in [-0.4, -0.2) is 45.6 Å². The smallest absolute Gasteiger partial charge is 0.407 e. The highest BCUT2D eigenvalue weighted by Crippen LogP contribution is 2.44. The molecule has 0 spiro atoms. The molecule has 0 fully saturated rings. The van der Waals surface area contributed by atoms with Crippen LogP contribution in [0.4, 0.5) is 14.9 Å². The fraction of sp³-hybridized carbons (Fsp3) is 0.240. The lowest BCUT2D eigenvalue weighted by Gasteiger charge is -2.19. The maximum Gasteiger partial charge on any atom is 0.407 e. The van der Waals surface area contributed by atoms with Gasteiger partial charge in [-0.15, -0.1) is 0 Å². The second-order valence-corrected chi connectivity index (χ2v) is 8.17. The van der Waals surface area contributed by atoms with E-state index in [9.17, 15) is 34.6 Å². The highest BCUT2D eigenvalue weighted by Gasteiger charge is 2.29. The molecular formula is C25H23FN2O7. The van der Waals surface area contributed by atoms with E-state index < -0.39 is 46.0 Å². The lowest BCUT2D eigenvalue weighted by atomic mass is 9.98. The Labute approximate surface area is 199 Å². The number of hydrogen-bond acceptors (Lipinski definition) is 7. The van der Waals surface area contributed by atoms with E-state index in [2.05, 4.69) is 5.32 Å². The molecule has 0 saturated carbocycles. The van der Waals surface area contributed by atoms with Gasteiger partial charge in [0.2, 0.25) is 0 Å². The first kappa shape index (κ1) is 24.1. The number of ether oxygens (including phenoxy) is 1. The number of nitrogens with zero attached hydrogens (tertiary/aromatic N) is 1. The molecule has 0 aromatic heterocycles. The van der Waals surface area contributed by atoms with Gasteiger partial charge in [0, 0.05) is 30.2 Å². The molecule has 10 heteroatoms. The van der Waals surface area contributed by atoms with Crippen LogP contribution in [0.1, 0.15) is 35.1 Å². The number of hydrogen-bond donors (Lipinski definition) is 4. The summed E-state index contributed by atoms with van der Waals surface area (Å²) in [6.45, 7) is 0.00409. The minimum absolute atomic E-state index is 0.100. The number of phenolic OH excluding ortho intramolecular Hbond substituents is 1. The van der Waals surface area contributed by atoms with Gasteiger partial charge in [-0.1, -0.05) is 48.5 Å². The standard InChI is InChI=1S/C25H23FN2O7/c26-20-12-23(30)21(28(33)34)11-18(20)24(31)22(29)9-10-27-25(32)35-13-19-16-7-3-1-5-14(16)15-6-2-4-8-17(15)19/h1-8,11-12,19,22,24,29-31H,9-10,13H2,(H,27,32). The first-order valence-corrected chi connectivity index (χ1v) is 10.9. The SMILES string of the molecule is O=C(NCCC(O)C(O)c1cc([N+](=O)[O-])c(O)cc1F)OCC1c2ccccc2-c2ccccc21. The van der Waals surface area contributed by atoms with Crippen molar-refractivity contribution in [3.8, 4) is 16.9 Å². The van der Waals surface area contributed by atoms with Crippen molar-refractivity contribution in [2.24, 2.45) is 0 Å². The Kier molecular flexibility index (Phi) is 6.94. The molecular weight excluding hydrogens is 459 g/mol. The maximum absolute atomic E-state index is 14.1. The molecule has 9 nitrogen and oxygen atoms in total. The molecule has 1 aliphatic rings. The number of nitrogens with one attached hydrogen (secondary N) is 1. The Morgan fingerprint density at radius 3 is 2.29 bits per heavy atom. The molecule has 0 heterocycles. The number of aromatic hydroxyl groups is 1. The first-order valence-electron chi connectivity index (χ1n) is 10.9. The summed E-state index contributed by atoms with van der Waals surface area (Å²) in [6.07, 6.45) is -4.25. The first-order chi connectivity index (χ1) is 16.8. The number of aliphatic hydroxyl groups excluding tert-OH is 2. The van der Waals surface area contributed by atoms with Gasteiger partial charge in [-0.3, -0.25) is 10.1 Å². The molecule has 0 radical (unpaired) electrons. The van der Waals surface area contributed by atoms with Crippen molar-refractivity contribution >= 4 is 11.8 Å². The fourth-order valence-corrected chi connectivity index (χ4v) is 4.28. The zero-order chi connectivity index (χ0) is 25.1. The Morgan fingerprint density at radius 1 is 1.09 bits per heavy atom. The average molecular weight is 482 g/mol. The summed E-state index contributed by atoms with van der Waals surface area (Å²) >= 11 is 0. The van der Waals surface area contributed by atoms with Gasteiger partial charge in [0.05, 0.1) is 11.0 Å². The lowest BCUT2D eigenvalue weighted by molar-refractivity contribution is -0.386. The fourth-order valence-electron chi connectivity index (χ4n) is 4.28. The molecule has 0 aliphatic heterocycles. The minimum Gasteiger partial charge on any atom is -0.502 e. The Bertz CT molecular complexity index is 1220. The van der Waals surface area contributed by atoms with Gasteiger partial charge < -0.3 is 25.4 Å². The van der Waals surface area contributed by atoms with Crippen LogP contribution in [0.3, 0.4) is 0 Å². The molecule has 1 amide bonds. The zero-order valence-corrected chi connectivity index (χ0v) is 18.4. The van der Waals surface area contributed by atoms with Crippen molar-refractivity contribution in [3.63, 3.8) is 0 Å². The van der Waals surface area contributed by atoms with Crippen molar-refractivity contribution in [3.05, 3.63) is 93.3 Å². The Balaban J connectivity index is 1.31. The zero-order valence-electron chi connectivity index (χ0n) is 18.4. The third kappa shape index (κ3) is 4.93.